The smallest absolute Gasteiger partial charge is 0.328 e. The third-order valence-electron chi connectivity index (χ3n) is 4.23. The number of nitrogens with one attached hydrogen (secondary N) is 3. The molecule has 0 aliphatic rings. The fourth-order valence-corrected chi connectivity index (χ4v) is 3.05. The molecule has 0 radical (unpaired) electrons. The van der Waals surface area contributed by atoms with Gasteiger partial charge in [0, 0.05) is 28.7 Å². The van der Waals surface area contributed by atoms with Gasteiger partial charge in [0.2, 0.25) is 0 Å². The van der Waals surface area contributed by atoms with Crippen LogP contribution < -0.4 is 16.0 Å². The molecule has 0 spiro atoms. The summed E-state index contributed by atoms with van der Waals surface area (Å²) in [5.41, 5.74) is 1.96. The number of methoxy groups -OCH3 is 1. The van der Waals surface area contributed by atoms with Crippen molar-refractivity contribution in [2.75, 3.05) is 19.0 Å². The van der Waals surface area contributed by atoms with Crippen LogP contribution in [-0.2, 0) is 20.7 Å². The standard InChI is InChI=1S/C21H22BrN3O5S/c1-30-18(26)11-4-13-2-5-14(6-3-13)19(27)23-12-17(20(28)29)25-21(31)24-16-9-7-15(22)8-10-16/h2-3,5-10,17H,4,11-12H2,1H3,(H,23,27)(H,28,29)(H2,24,25,31)/t17-/m0/s1. The molecule has 31 heavy (non-hydrogen) atoms. The van der Waals surface area contributed by atoms with Crippen LogP contribution in [0.2, 0.25) is 0 Å². The SMILES string of the molecule is COC(=O)CCc1ccc(C(=O)NC[C@H](NC(=S)Nc2ccc(Br)cc2)C(=O)O)cc1. The van der Waals surface area contributed by atoms with E-state index in [4.69, 9.17) is 12.2 Å². The van der Waals surface area contributed by atoms with Crippen LogP contribution in [0.15, 0.2) is 53.0 Å². The van der Waals surface area contributed by atoms with Crippen LogP contribution in [0.4, 0.5) is 5.69 Å². The van der Waals surface area contributed by atoms with E-state index in [2.05, 4.69) is 36.6 Å². The minimum atomic E-state index is -1.15. The average Bonchev–Trinajstić information content (AvgIpc) is 2.76. The van der Waals surface area contributed by atoms with Gasteiger partial charge < -0.3 is 25.8 Å². The van der Waals surface area contributed by atoms with Gasteiger partial charge in [-0.15, -0.1) is 0 Å². The molecule has 0 saturated heterocycles. The van der Waals surface area contributed by atoms with E-state index in [0.29, 0.717) is 17.7 Å². The second kappa shape index (κ2) is 12.0. The van der Waals surface area contributed by atoms with Gasteiger partial charge in [-0.25, -0.2) is 4.79 Å². The fourth-order valence-electron chi connectivity index (χ4n) is 2.53. The second-order valence-electron chi connectivity index (χ2n) is 6.48. The molecule has 2 aromatic carbocycles. The number of hydrogen-bond donors (Lipinski definition) is 4. The zero-order valence-electron chi connectivity index (χ0n) is 16.7. The van der Waals surface area contributed by atoms with Crippen molar-refractivity contribution in [2.24, 2.45) is 0 Å². The number of carbonyl (C=O) groups is 3. The number of halogens is 1. The Labute approximate surface area is 193 Å². The molecule has 1 atom stereocenters. The second-order valence-corrected chi connectivity index (χ2v) is 7.80. The summed E-state index contributed by atoms with van der Waals surface area (Å²) in [5.74, 6) is -1.88. The molecule has 0 aliphatic carbocycles. The van der Waals surface area contributed by atoms with Gasteiger partial charge in [0.1, 0.15) is 6.04 Å². The first-order chi connectivity index (χ1) is 14.8. The van der Waals surface area contributed by atoms with Crippen LogP contribution >= 0.6 is 28.1 Å². The Kier molecular flexibility index (Phi) is 9.41. The predicted octanol–water partition coefficient (Wildman–Crippen LogP) is 2.72. The molecule has 0 heterocycles. The molecule has 1 amide bonds. The lowest BCUT2D eigenvalue weighted by Gasteiger charge is -2.18. The molecule has 0 aliphatic heterocycles. The highest BCUT2D eigenvalue weighted by Crippen LogP contribution is 2.14. The lowest BCUT2D eigenvalue weighted by Crippen LogP contribution is -2.49. The molecule has 4 N–H and O–H groups in total. The lowest BCUT2D eigenvalue weighted by molar-refractivity contribution is -0.140. The van der Waals surface area contributed by atoms with Crippen molar-refractivity contribution in [1.29, 1.82) is 0 Å². The first kappa shape index (κ1) is 24.3. The van der Waals surface area contributed by atoms with Crippen molar-refractivity contribution in [3.63, 3.8) is 0 Å². The largest absolute Gasteiger partial charge is 0.480 e. The van der Waals surface area contributed by atoms with Crippen LogP contribution in [0.1, 0.15) is 22.3 Å². The molecule has 0 aromatic heterocycles. The van der Waals surface area contributed by atoms with E-state index in [-0.39, 0.29) is 24.0 Å². The number of hydrogen-bond acceptors (Lipinski definition) is 5. The van der Waals surface area contributed by atoms with E-state index >= 15 is 0 Å². The summed E-state index contributed by atoms with van der Waals surface area (Å²) >= 11 is 8.49. The van der Waals surface area contributed by atoms with Gasteiger partial charge in [-0.3, -0.25) is 9.59 Å². The van der Waals surface area contributed by atoms with Gasteiger partial charge in [-0.2, -0.15) is 0 Å². The van der Waals surface area contributed by atoms with Crippen molar-refractivity contribution in [2.45, 2.75) is 18.9 Å². The number of benzene rings is 2. The molecule has 0 fully saturated rings. The van der Waals surface area contributed by atoms with Gasteiger partial charge in [-0.1, -0.05) is 28.1 Å². The summed E-state index contributed by atoms with van der Waals surface area (Å²) < 4.78 is 5.50. The quantitative estimate of drug-likeness (QED) is 0.302. The van der Waals surface area contributed by atoms with Gasteiger partial charge in [0.25, 0.3) is 5.91 Å². The molecular weight excluding hydrogens is 486 g/mol. The zero-order valence-corrected chi connectivity index (χ0v) is 19.1. The summed E-state index contributed by atoms with van der Waals surface area (Å²) in [7, 11) is 1.33. The molecule has 8 nitrogen and oxygen atoms in total. The number of carboxylic acid groups (broad SMARTS) is 1. The Morgan fingerprint density at radius 3 is 2.32 bits per heavy atom. The first-order valence-corrected chi connectivity index (χ1v) is 10.5. The zero-order chi connectivity index (χ0) is 22.8. The Balaban J connectivity index is 1.86. The minimum absolute atomic E-state index is 0.124. The van der Waals surface area contributed by atoms with Crippen molar-refractivity contribution in [3.05, 3.63) is 64.1 Å². The molecule has 0 bridgehead atoms. The van der Waals surface area contributed by atoms with Gasteiger partial charge in [-0.05, 0) is 60.6 Å². The number of amides is 1. The van der Waals surface area contributed by atoms with Crippen LogP contribution in [0.25, 0.3) is 0 Å². The lowest BCUT2D eigenvalue weighted by atomic mass is 10.1. The first-order valence-electron chi connectivity index (χ1n) is 9.28. The van der Waals surface area contributed by atoms with Gasteiger partial charge >= 0.3 is 11.9 Å². The number of carboxylic acids is 1. The molecule has 10 heteroatoms. The number of thiocarbonyl (C=S) groups is 1. The molecule has 0 unspecified atom stereocenters. The third kappa shape index (κ3) is 8.35. The number of aryl methyl sites for hydroxylation is 1. The highest BCUT2D eigenvalue weighted by Gasteiger charge is 2.20. The Morgan fingerprint density at radius 1 is 1.10 bits per heavy atom. The molecule has 2 aromatic rings. The van der Waals surface area contributed by atoms with Crippen LogP contribution in [0.5, 0.6) is 0 Å². The topological polar surface area (TPSA) is 117 Å². The van der Waals surface area contributed by atoms with E-state index in [1.54, 1.807) is 36.4 Å². The Hall–Kier alpha value is -2.98. The van der Waals surface area contributed by atoms with Crippen LogP contribution in [0.3, 0.4) is 0 Å². The number of aliphatic carboxylic acids is 1. The molecule has 2 rings (SSSR count). The monoisotopic (exact) mass is 507 g/mol. The number of carbonyl (C=O) groups excluding carboxylic acids is 2. The van der Waals surface area contributed by atoms with E-state index in [1.165, 1.54) is 7.11 Å². The summed E-state index contributed by atoms with van der Waals surface area (Å²) in [6.45, 7) is -0.166. The number of rotatable bonds is 9. The number of anilines is 1. The van der Waals surface area contributed by atoms with Gasteiger partial charge in [0.05, 0.1) is 7.11 Å². The number of ether oxygens (including phenoxy) is 1. The Morgan fingerprint density at radius 2 is 1.74 bits per heavy atom. The average molecular weight is 508 g/mol. The van der Waals surface area contributed by atoms with Crippen molar-refractivity contribution in [3.8, 4) is 0 Å². The normalized spacial score (nSPS) is 11.2. The maximum Gasteiger partial charge on any atom is 0.328 e. The van der Waals surface area contributed by atoms with Crippen molar-refractivity contribution in [1.82, 2.24) is 10.6 Å². The summed E-state index contributed by atoms with van der Waals surface area (Å²) in [5, 5.41) is 17.7. The summed E-state index contributed by atoms with van der Waals surface area (Å²) in [6, 6.07) is 12.8. The van der Waals surface area contributed by atoms with Crippen LogP contribution in [0, 0.1) is 0 Å². The Bertz CT molecular complexity index is 935. The maximum atomic E-state index is 12.3. The summed E-state index contributed by atoms with van der Waals surface area (Å²) in [6.07, 6.45) is 0.755. The highest BCUT2D eigenvalue weighted by atomic mass is 79.9. The molecule has 0 saturated carbocycles. The van der Waals surface area contributed by atoms with Crippen molar-refractivity contribution < 1.29 is 24.2 Å². The van der Waals surface area contributed by atoms with Gasteiger partial charge in [0.15, 0.2) is 5.11 Å². The summed E-state index contributed by atoms with van der Waals surface area (Å²) in [4.78, 5) is 35.1. The minimum Gasteiger partial charge on any atom is -0.480 e. The number of esters is 1. The highest BCUT2D eigenvalue weighted by molar-refractivity contribution is 9.10. The van der Waals surface area contributed by atoms with E-state index < -0.39 is 17.9 Å². The maximum absolute atomic E-state index is 12.3. The van der Waals surface area contributed by atoms with Crippen molar-refractivity contribution >= 4 is 56.8 Å². The molecule has 164 valence electrons. The van der Waals surface area contributed by atoms with Crippen LogP contribution in [-0.4, -0.2) is 47.8 Å². The molecular formula is C21H22BrN3O5S. The third-order valence-corrected chi connectivity index (χ3v) is 4.98. The van der Waals surface area contributed by atoms with E-state index in [1.807, 2.05) is 12.1 Å². The van der Waals surface area contributed by atoms with E-state index in [9.17, 15) is 19.5 Å². The van der Waals surface area contributed by atoms with E-state index in [0.717, 1.165) is 10.0 Å². The fraction of sp³-hybridized carbons (Fsp3) is 0.238. The predicted molar refractivity (Wildman–Crippen MR) is 124 cm³/mol.